The zero-order chi connectivity index (χ0) is 19.3. The van der Waals surface area contributed by atoms with Crippen LogP contribution in [0.5, 0.6) is 0 Å². The minimum atomic E-state index is 0.772. The van der Waals surface area contributed by atoms with Gasteiger partial charge in [-0.1, -0.05) is 24.3 Å². The Hall–Kier alpha value is -2.84. The molecular formula is C23H25N5. The molecule has 1 fully saturated rings. The molecule has 5 nitrogen and oxygen atoms in total. The van der Waals surface area contributed by atoms with Crippen LogP contribution in [0, 0.1) is 11.3 Å². The van der Waals surface area contributed by atoms with Gasteiger partial charge in [0.15, 0.2) is 5.65 Å². The summed E-state index contributed by atoms with van der Waals surface area (Å²) >= 11 is 0. The normalized spacial score (nSPS) is 17.2. The average molecular weight is 371 g/mol. The van der Waals surface area contributed by atoms with Crippen molar-refractivity contribution in [1.29, 1.82) is 5.26 Å². The molecule has 0 N–H and O–H groups in total. The van der Waals surface area contributed by atoms with E-state index in [-0.39, 0.29) is 0 Å². The van der Waals surface area contributed by atoms with Crippen molar-refractivity contribution in [3.8, 4) is 6.07 Å². The summed E-state index contributed by atoms with van der Waals surface area (Å²) < 4.78 is 2.26. The first kappa shape index (κ1) is 17.3. The molecule has 2 aromatic heterocycles. The summed E-state index contributed by atoms with van der Waals surface area (Å²) in [7, 11) is 0. The van der Waals surface area contributed by atoms with Gasteiger partial charge in [-0.3, -0.25) is 9.30 Å². The number of piperazine rings is 1. The van der Waals surface area contributed by atoms with E-state index < -0.39 is 0 Å². The molecule has 0 unspecified atom stereocenters. The molecule has 142 valence electrons. The summed E-state index contributed by atoms with van der Waals surface area (Å²) in [6.07, 6.45) is 3.16. The lowest BCUT2D eigenvalue weighted by molar-refractivity contribution is 0.277. The first-order valence-corrected chi connectivity index (χ1v) is 10.1. The second kappa shape index (κ2) is 6.65. The Bertz CT molecular complexity index is 1130. The van der Waals surface area contributed by atoms with Gasteiger partial charge in [0.1, 0.15) is 11.9 Å². The molecule has 1 aromatic carbocycles. The number of nitriles is 1. The van der Waals surface area contributed by atoms with Gasteiger partial charge in [0, 0.05) is 32.7 Å². The number of fused-ring (bicyclic) bond motifs is 4. The maximum absolute atomic E-state index is 9.91. The lowest BCUT2D eigenvalue weighted by Gasteiger charge is -2.37. The van der Waals surface area contributed by atoms with Gasteiger partial charge < -0.3 is 4.90 Å². The SMILES string of the molecule is C=C(C)CN1CCN(c2c3c(c(C#N)c4nc5ccccc5n24)CCC3)CC1. The molecule has 1 saturated heterocycles. The Balaban J connectivity index is 1.69. The van der Waals surface area contributed by atoms with Gasteiger partial charge in [0.05, 0.1) is 16.6 Å². The van der Waals surface area contributed by atoms with E-state index in [0.717, 1.165) is 74.2 Å². The van der Waals surface area contributed by atoms with E-state index in [1.54, 1.807) is 0 Å². The molecule has 0 radical (unpaired) electrons. The number of pyridine rings is 1. The molecule has 28 heavy (non-hydrogen) atoms. The predicted octanol–water partition coefficient (Wildman–Crippen LogP) is 3.55. The van der Waals surface area contributed by atoms with E-state index in [1.165, 1.54) is 22.5 Å². The van der Waals surface area contributed by atoms with Crippen molar-refractivity contribution < 1.29 is 0 Å². The summed E-state index contributed by atoms with van der Waals surface area (Å²) in [4.78, 5) is 9.86. The minimum Gasteiger partial charge on any atom is -0.355 e. The molecule has 0 atom stereocenters. The van der Waals surface area contributed by atoms with Crippen molar-refractivity contribution in [3.63, 3.8) is 0 Å². The third-order valence-corrected chi connectivity index (χ3v) is 6.06. The standard InChI is InChI=1S/C23H25N5/c1-16(2)15-26-10-12-27(13-11-26)23-18-7-5-6-17(18)19(14-24)22-25-20-8-3-4-9-21(20)28(22)23/h3-4,8-9H,1,5-7,10-13,15H2,2H3. The number of benzene rings is 1. The molecule has 0 amide bonds. The topological polar surface area (TPSA) is 47.6 Å². The molecule has 5 heteroatoms. The lowest BCUT2D eigenvalue weighted by Crippen LogP contribution is -2.47. The summed E-state index contributed by atoms with van der Waals surface area (Å²) in [6.45, 7) is 11.2. The number of aromatic nitrogens is 2. The third-order valence-electron chi connectivity index (χ3n) is 6.06. The first-order chi connectivity index (χ1) is 13.7. The monoisotopic (exact) mass is 371 g/mol. The van der Waals surface area contributed by atoms with Crippen LogP contribution >= 0.6 is 0 Å². The van der Waals surface area contributed by atoms with Crippen molar-refractivity contribution in [1.82, 2.24) is 14.3 Å². The molecule has 3 heterocycles. The van der Waals surface area contributed by atoms with E-state index in [9.17, 15) is 5.26 Å². The van der Waals surface area contributed by atoms with E-state index >= 15 is 0 Å². The van der Waals surface area contributed by atoms with Gasteiger partial charge in [0.25, 0.3) is 0 Å². The maximum Gasteiger partial charge on any atom is 0.157 e. The largest absolute Gasteiger partial charge is 0.355 e. The van der Waals surface area contributed by atoms with Crippen LogP contribution in [0.3, 0.4) is 0 Å². The molecular weight excluding hydrogens is 346 g/mol. The van der Waals surface area contributed by atoms with E-state index in [0.29, 0.717) is 0 Å². The molecule has 3 aromatic rings. The molecule has 1 aliphatic heterocycles. The van der Waals surface area contributed by atoms with Crippen LogP contribution in [0.1, 0.15) is 30.0 Å². The van der Waals surface area contributed by atoms with Crippen molar-refractivity contribution in [2.45, 2.75) is 26.2 Å². The van der Waals surface area contributed by atoms with Crippen LogP contribution in [-0.2, 0) is 12.8 Å². The molecule has 0 bridgehead atoms. The zero-order valence-corrected chi connectivity index (χ0v) is 16.4. The summed E-state index contributed by atoms with van der Waals surface area (Å²) in [6, 6.07) is 10.7. The van der Waals surface area contributed by atoms with Crippen molar-refractivity contribution >= 4 is 22.5 Å². The van der Waals surface area contributed by atoms with Gasteiger partial charge in [-0.2, -0.15) is 5.26 Å². The number of nitrogens with zero attached hydrogens (tertiary/aromatic N) is 5. The highest BCUT2D eigenvalue weighted by Gasteiger charge is 2.29. The Morgan fingerprint density at radius 3 is 2.64 bits per heavy atom. The average Bonchev–Trinajstić information content (AvgIpc) is 3.31. The summed E-state index contributed by atoms with van der Waals surface area (Å²) in [5, 5.41) is 9.91. The van der Waals surface area contributed by atoms with E-state index in [2.05, 4.69) is 45.9 Å². The van der Waals surface area contributed by atoms with Gasteiger partial charge in [-0.05, 0) is 49.4 Å². The van der Waals surface area contributed by atoms with Crippen molar-refractivity contribution in [3.05, 3.63) is 53.1 Å². The van der Waals surface area contributed by atoms with Crippen molar-refractivity contribution in [2.24, 2.45) is 0 Å². The number of para-hydroxylation sites is 2. The van der Waals surface area contributed by atoms with Crippen LogP contribution in [0.25, 0.3) is 16.7 Å². The van der Waals surface area contributed by atoms with Crippen LogP contribution in [-0.4, -0.2) is 47.0 Å². The van der Waals surface area contributed by atoms with Crippen LogP contribution in [0.2, 0.25) is 0 Å². The van der Waals surface area contributed by atoms with Crippen molar-refractivity contribution in [2.75, 3.05) is 37.6 Å². The van der Waals surface area contributed by atoms with Crippen LogP contribution in [0.15, 0.2) is 36.4 Å². The number of imidazole rings is 1. The van der Waals surface area contributed by atoms with Gasteiger partial charge in [-0.15, -0.1) is 0 Å². The van der Waals surface area contributed by atoms with Gasteiger partial charge in [0.2, 0.25) is 0 Å². The first-order valence-electron chi connectivity index (χ1n) is 10.1. The highest BCUT2D eigenvalue weighted by Crippen LogP contribution is 2.38. The van der Waals surface area contributed by atoms with E-state index in [1.807, 2.05) is 12.1 Å². The maximum atomic E-state index is 9.91. The third kappa shape index (κ3) is 2.60. The molecule has 0 spiro atoms. The van der Waals surface area contributed by atoms with Gasteiger partial charge in [-0.25, -0.2) is 4.98 Å². The molecule has 0 saturated carbocycles. The highest BCUT2D eigenvalue weighted by atomic mass is 15.3. The highest BCUT2D eigenvalue weighted by molar-refractivity contribution is 5.86. The molecule has 1 aliphatic carbocycles. The number of anilines is 1. The Morgan fingerprint density at radius 2 is 1.89 bits per heavy atom. The molecule has 2 aliphatic rings. The quantitative estimate of drug-likeness (QED) is 0.661. The van der Waals surface area contributed by atoms with Gasteiger partial charge >= 0.3 is 0 Å². The zero-order valence-electron chi connectivity index (χ0n) is 16.4. The number of rotatable bonds is 3. The van der Waals surface area contributed by atoms with Crippen LogP contribution in [0.4, 0.5) is 5.82 Å². The predicted molar refractivity (Wildman–Crippen MR) is 113 cm³/mol. The summed E-state index contributed by atoms with van der Waals surface area (Å²) in [5.74, 6) is 1.27. The fourth-order valence-electron chi connectivity index (χ4n) is 4.89. The minimum absolute atomic E-state index is 0.772. The second-order valence-corrected chi connectivity index (χ2v) is 8.10. The number of hydrogen-bond acceptors (Lipinski definition) is 4. The second-order valence-electron chi connectivity index (χ2n) is 8.10. The molecule has 5 rings (SSSR count). The lowest BCUT2D eigenvalue weighted by atomic mass is 10.0. The Morgan fingerprint density at radius 1 is 1.14 bits per heavy atom. The Labute approximate surface area is 165 Å². The number of hydrogen-bond donors (Lipinski definition) is 0. The van der Waals surface area contributed by atoms with E-state index in [4.69, 9.17) is 4.98 Å². The summed E-state index contributed by atoms with van der Waals surface area (Å²) in [5.41, 5.74) is 7.46. The smallest absolute Gasteiger partial charge is 0.157 e. The van der Waals surface area contributed by atoms with Crippen LogP contribution < -0.4 is 4.90 Å². The Kier molecular flexibility index (Phi) is 4.10. The fourth-order valence-corrected chi connectivity index (χ4v) is 4.89. The fraction of sp³-hybridized carbons (Fsp3) is 0.391.